The Labute approximate surface area is 91.2 Å². The lowest BCUT2D eigenvalue weighted by Crippen LogP contribution is -2.31. The number of aryl methyl sites for hydroxylation is 1. The molecule has 0 radical (unpaired) electrons. The largest absolute Gasteiger partial charge is 0.469 e. The number of hydrogen-bond donors (Lipinski definition) is 1. The van der Waals surface area contributed by atoms with Gasteiger partial charge < -0.3 is 15.1 Å². The van der Waals surface area contributed by atoms with Gasteiger partial charge in [-0.2, -0.15) is 0 Å². The van der Waals surface area contributed by atoms with Gasteiger partial charge in [0.05, 0.1) is 6.26 Å². The molecule has 1 heterocycles. The Morgan fingerprint density at radius 1 is 1.53 bits per heavy atom. The van der Waals surface area contributed by atoms with Gasteiger partial charge in [-0.15, -0.1) is 0 Å². The molecule has 0 saturated heterocycles. The number of rotatable bonds is 2. The van der Waals surface area contributed by atoms with E-state index in [1.54, 1.807) is 0 Å². The van der Waals surface area contributed by atoms with Crippen LogP contribution in [0, 0.1) is 12.8 Å². The predicted molar refractivity (Wildman–Crippen MR) is 60.7 cm³/mol. The molecule has 15 heavy (non-hydrogen) atoms. The van der Waals surface area contributed by atoms with Crippen LogP contribution in [-0.2, 0) is 6.42 Å². The summed E-state index contributed by atoms with van der Waals surface area (Å²) in [5, 5.41) is 0. The Morgan fingerprint density at radius 3 is 2.87 bits per heavy atom. The Bertz CT molecular complexity index is 343. The van der Waals surface area contributed by atoms with E-state index in [4.69, 9.17) is 10.2 Å². The van der Waals surface area contributed by atoms with E-state index in [2.05, 4.69) is 25.9 Å². The third-order valence-corrected chi connectivity index (χ3v) is 3.42. The first-order valence-corrected chi connectivity index (χ1v) is 5.56. The van der Waals surface area contributed by atoms with E-state index >= 15 is 0 Å². The van der Waals surface area contributed by atoms with Crippen LogP contribution in [0.25, 0.3) is 0 Å². The standard InChI is InChI=1S/C12H20N2O/c1-8-7-15-11-5-9(6-13)4-10(12(8)11)14(2)3/h7,9-10H,4-6,13H2,1-3H3. The smallest absolute Gasteiger partial charge is 0.109 e. The zero-order chi connectivity index (χ0) is 11.0. The topological polar surface area (TPSA) is 42.4 Å². The highest BCUT2D eigenvalue weighted by atomic mass is 16.3. The van der Waals surface area contributed by atoms with Gasteiger partial charge in [-0.1, -0.05) is 0 Å². The molecule has 3 heteroatoms. The molecular formula is C12H20N2O. The molecule has 0 amide bonds. The van der Waals surface area contributed by atoms with E-state index in [1.807, 2.05) is 6.26 Å². The minimum Gasteiger partial charge on any atom is -0.469 e. The zero-order valence-electron chi connectivity index (χ0n) is 9.79. The lowest BCUT2D eigenvalue weighted by Gasteiger charge is -2.32. The Hall–Kier alpha value is -0.800. The minimum absolute atomic E-state index is 0.473. The SMILES string of the molecule is Cc1coc2c1C(N(C)C)CC(CN)C2. The Balaban J connectivity index is 2.36. The molecule has 0 spiro atoms. The minimum atomic E-state index is 0.473. The van der Waals surface area contributed by atoms with Gasteiger partial charge in [0.2, 0.25) is 0 Å². The van der Waals surface area contributed by atoms with Crippen molar-refractivity contribution in [2.75, 3.05) is 20.6 Å². The first-order chi connectivity index (χ1) is 7.13. The van der Waals surface area contributed by atoms with Crippen LogP contribution >= 0.6 is 0 Å². The van der Waals surface area contributed by atoms with E-state index in [0.29, 0.717) is 12.0 Å². The summed E-state index contributed by atoms with van der Waals surface area (Å²) in [5.74, 6) is 1.71. The van der Waals surface area contributed by atoms with Crippen LogP contribution < -0.4 is 5.73 Å². The summed E-state index contributed by atoms with van der Waals surface area (Å²) in [6, 6.07) is 0.473. The van der Waals surface area contributed by atoms with Crippen molar-refractivity contribution >= 4 is 0 Å². The molecule has 1 aliphatic rings. The monoisotopic (exact) mass is 208 g/mol. The summed E-state index contributed by atoms with van der Waals surface area (Å²) >= 11 is 0. The zero-order valence-corrected chi connectivity index (χ0v) is 9.79. The van der Waals surface area contributed by atoms with Crippen molar-refractivity contribution in [3.8, 4) is 0 Å². The summed E-state index contributed by atoms with van der Waals surface area (Å²) in [6.07, 6.45) is 4.03. The van der Waals surface area contributed by atoms with E-state index in [-0.39, 0.29) is 0 Å². The molecule has 84 valence electrons. The first kappa shape index (κ1) is 10.7. The maximum atomic E-state index is 5.77. The van der Waals surface area contributed by atoms with Crippen LogP contribution in [0.15, 0.2) is 10.7 Å². The Morgan fingerprint density at radius 2 is 2.27 bits per heavy atom. The van der Waals surface area contributed by atoms with Crippen molar-refractivity contribution in [2.45, 2.75) is 25.8 Å². The summed E-state index contributed by atoms with van der Waals surface area (Å²) in [7, 11) is 4.25. The Kier molecular flexibility index (Phi) is 2.85. The van der Waals surface area contributed by atoms with Crippen molar-refractivity contribution < 1.29 is 4.42 Å². The van der Waals surface area contributed by atoms with Gasteiger partial charge in [-0.3, -0.25) is 0 Å². The predicted octanol–water partition coefficient (Wildman–Crippen LogP) is 1.71. The molecule has 2 rings (SSSR count). The summed E-state index contributed by atoms with van der Waals surface area (Å²) in [5.41, 5.74) is 8.44. The van der Waals surface area contributed by atoms with Crippen molar-refractivity contribution in [3.63, 3.8) is 0 Å². The normalized spacial score (nSPS) is 25.7. The number of hydrogen-bond acceptors (Lipinski definition) is 3. The molecule has 0 saturated carbocycles. The number of nitrogens with two attached hydrogens (primary N) is 1. The molecule has 2 atom stereocenters. The van der Waals surface area contributed by atoms with E-state index in [1.165, 1.54) is 11.1 Å². The van der Waals surface area contributed by atoms with Gasteiger partial charge in [-0.05, 0) is 45.5 Å². The van der Waals surface area contributed by atoms with Gasteiger partial charge in [-0.25, -0.2) is 0 Å². The molecule has 2 N–H and O–H groups in total. The highest BCUT2D eigenvalue weighted by molar-refractivity contribution is 5.32. The number of nitrogens with zero attached hydrogens (tertiary/aromatic N) is 1. The third kappa shape index (κ3) is 1.82. The number of fused-ring (bicyclic) bond motifs is 1. The fourth-order valence-corrected chi connectivity index (χ4v) is 2.54. The van der Waals surface area contributed by atoms with Gasteiger partial charge in [0.25, 0.3) is 0 Å². The van der Waals surface area contributed by atoms with Crippen LogP contribution in [-0.4, -0.2) is 25.5 Å². The van der Waals surface area contributed by atoms with E-state index in [0.717, 1.165) is 25.1 Å². The van der Waals surface area contributed by atoms with Crippen LogP contribution in [0.1, 0.15) is 29.3 Å². The first-order valence-electron chi connectivity index (χ1n) is 5.56. The van der Waals surface area contributed by atoms with Gasteiger partial charge in [0, 0.05) is 18.0 Å². The molecule has 0 aliphatic heterocycles. The average Bonchev–Trinajstić information content (AvgIpc) is 2.59. The fourth-order valence-electron chi connectivity index (χ4n) is 2.54. The second-order valence-corrected chi connectivity index (χ2v) is 4.78. The highest BCUT2D eigenvalue weighted by Crippen LogP contribution is 2.38. The van der Waals surface area contributed by atoms with Crippen molar-refractivity contribution in [3.05, 3.63) is 23.2 Å². The van der Waals surface area contributed by atoms with Crippen molar-refractivity contribution in [2.24, 2.45) is 11.7 Å². The molecule has 3 nitrogen and oxygen atoms in total. The molecular weight excluding hydrogens is 188 g/mol. The van der Waals surface area contributed by atoms with E-state index in [9.17, 15) is 0 Å². The molecule has 1 aromatic heterocycles. The molecule has 0 fully saturated rings. The van der Waals surface area contributed by atoms with Gasteiger partial charge >= 0.3 is 0 Å². The maximum Gasteiger partial charge on any atom is 0.109 e. The summed E-state index contributed by atoms with van der Waals surface area (Å²) in [4.78, 5) is 2.27. The quantitative estimate of drug-likeness (QED) is 0.804. The summed E-state index contributed by atoms with van der Waals surface area (Å²) < 4.78 is 5.62. The number of furan rings is 1. The lowest BCUT2D eigenvalue weighted by molar-refractivity contribution is 0.221. The highest BCUT2D eigenvalue weighted by Gasteiger charge is 2.31. The fraction of sp³-hybridized carbons (Fsp3) is 0.667. The molecule has 0 bridgehead atoms. The van der Waals surface area contributed by atoms with Crippen LogP contribution in [0.4, 0.5) is 0 Å². The molecule has 1 aromatic rings. The maximum absolute atomic E-state index is 5.77. The van der Waals surface area contributed by atoms with Crippen molar-refractivity contribution in [1.29, 1.82) is 0 Å². The second kappa shape index (κ2) is 3.99. The van der Waals surface area contributed by atoms with Gasteiger partial charge in [0.1, 0.15) is 5.76 Å². The van der Waals surface area contributed by atoms with Crippen LogP contribution in [0.5, 0.6) is 0 Å². The summed E-state index contributed by atoms with van der Waals surface area (Å²) in [6.45, 7) is 2.88. The molecule has 2 unspecified atom stereocenters. The average molecular weight is 208 g/mol. The molecule has 1 aliphatic carbocycles. The van der Waals surface area contributed by atoms with Crippen LogP contribution in [0.2, 0.25) is 0 Å². The van der Waals surface area contributed by atoms with Crippen LogP contribution in [0.3, 0.4) is 0 Å². The van der Waals surface area contributed by atoms with E-state index < -0.39 is 0 Å². The molecule has 0 aromatic carbocycles. The third-order valence-electron chi connectivity index (χ3n) is 3.42. The second-order valence-electron chi connectivity index (χ2n) is 4.78. The lowest BCUT2D eigenvalue weighted by atomic mass is 9.83. The van der Waals surface area contributed by atoms with Crippen molar-refractivity contribution in [1.82, 2.24) is 4.90 Å². The van der Waals surface area contributed by atoms with Gasteiger partial charge in [0.15, 0.2) is 0 Å².